The molecule has 0 radical (unpaired) electrons. The highest BCUT2D eigenvalue weighted by atomic mass is 14.2. The fraction of sp³-hybridized carbons (Fsp3) is 1.00. The highest BCUT2D eigenvalue weighted by molar-refractivity contribution is 6.62. The summed E-state index contributed by atoms with van der Waals surface area (Å²) in [5, 5.41) is 0. The van der Waals surface area contributed by atoms with Crippen LogP contribution >= 0.6 is 0 Å². The van der Waals surface area contributed by atoms with Crippen LogP contribution in [0.25, 0.3) is 0 Å². The maximum Gasteiger partial charge on any atom is 0.146 e. The summed E-state index contributed by atoms with van der Waals surface area (Å²) in [7, 11) is 0. The summed E-state index contributed by atoms with van der Waals surface area (Å²) in [5.41, 5.74) is 0. The van der Waals surface area contributed by atoms with Crippen LogP contribution in [0, 0.1) is 0 Å². The summed E-state index contributed by atoms with van der Waals surface area (Å²) in [6.07, 6.45) is 18.3. The zero-order chi connectivity index (χ0) is 11.2. The lowest BCUT2D eigenvalue weighted by atomic mass is 9.29. The highest BCUT2D eigenvalue weighted by Gasteiger charge is 2.33. The van der Waals surface area contributed by atoms with Gasteiger partial charge in [-0.3, -0.25) is 0 Å². The molecule has 1 heteroatoms. The van der Waals surface area contributed by atoms with Crippen LogP contribution in [-0.4, -0.2) is 6.71 Å². The van der Waals surface area contributed by atoms with Crippen molar-refractivity contribution in [2.24, 2.45) is 0 Å². The summed E-state index contributed by atoms with van der Waals surface area (Å²) in [6.45, 7) is 3.49. The Morgan fingerprint density at radius 1 is 0.750 bits per heavy atom. The molecule has 0 bridgehead atoms. The second-order valence-electron chi connectivity index (χ2n) is 6.25. The minimum absolute atomic E-state index is 1.10. The van der Waals surface area contributed by atoms with Gasteiger partial charge >= 0.3 is 0 Å². The molecule has 0 saturated heterocycles. The van der Waals surface area contributed by atoms with Crippen LogP contribution in [0.2, 0.25) is 18.0 Å². The maximum absolute atomic E-state index is 2.39. The van der Waals surface area contributed by atoms with Crippen LogP contribution < -0.4 is 0 Å². The normalized spacial score (nSPS) is 24.6. The molecule has 0 amide bonds. The van der Waals surface area contributed by atoms with E-state index in [0.717, 1.165) is 18.3 Å². The predicted octanol–water partition coefficient (Wildman–Crippen LogP) is 5.56. The first-order valence-electron chi connectivity index (χ1n) is 7.92. The van der Waals surface area contributed by atoms with Gasteiger partial charge in [-0.15, -0.1) is 0 Å². The van der Waals surface area contributed by atoms with Gasteiger partial charge in [-0.1, -0.05) is 95.5 Å². The van der Waals surface area contributed by atoms with Gasteiger partial charge in [0.1, 0.15) is 6.71 Å². The molecule has 2 aliphatic carbocycles. The molecular weight excluding hydrogens is 191 g/mol. The highest BCUT2D eigenvalue weighted by Crippen LogP contribution is 2.43. The summed E-state index contributed by atoms with van der Waals surface area (Å²) in [4.78, 5) is 0. The molecule has 16 heavy (non-hydrogen) atoms. The van der Waals surface area contributed by atoms with E-state index >= 15 is 0 Å². The van der Waals surface area contributed by atoms with Gasteiger partial charge < -0.3 is 0 Å². The maximum atomic E-state index is 2.39. The molecule has 2 aliphatic rings. The second kappa shape index (κ2) is 6.72. The third-order valence-corrected chi connectivity index (χ3v) is 5.13. The molecule has 0 aliphatic heterocycles. The Kier molecular flexibility index (Phi) is 5.26. The fourth-order valence-electron chi connectivity index (χ4n) is 4.31. The van der Waals surface area contributed by atoms with Gasteiger partial charge in [-0.05, 0) is 0 Å². The predicted molar refractivity (Wildman–Crippen MR) is 74.5 cm³/mol. The number of hydrogen-bond donors (Lipinski definition) is 0. The molecule has 2 fully saturated rings. The zero-order valence-corrected chi connectivity index (χ0v) is 11.2. The molecule has 0 aromatic rings. The number of hydrogen-bond acceptors (Lipinski definition) is 0. The van der Waals surface area contributed by atoms with E-state index in [9.17, 15) is 0 Å². The van der Waals surface area contributed by atoms with Gasteiger partial charge in [-0.2, -0.15) is 0 Å². The molecule has 0 N–H and O–H groups in total. The van der Waals surface area contributed by atoms with Crippen molar-refractivity contribution in [3.63, 3.8) is 0 Å². The van der Waals surface area contributed by atoms with E-state index in [0.29, 0.717) is 0 Å². The van der Waals surface area contributed by atoms with Crippen molar-refractivity contribution < 1.29 is 0 Å². The molecule has 0 unspecified atom stereocenters. The zero-order valence-electron chi connectivity index (χ0n) is 11.2. The van der Waals surface area contributed by atoms with Crippen LogP contribution in [0.15, 0.2) is 0 Å². The van der Waals surface area contributed by atoms with Gasteiger partial charge in [0.05, 0.1) is 0 Å². The molecule has 0 nitrogen and oxygen atoms in total. The van der Waals surface area contributed by atoms with Crippen LogP contribution in [0.4, 0.5) is 0 Å². The van der Waals surface area contributed by atoms with Gasteiger partial charge in [0.25, 0.3) is 0 Å². The summed E-state index contributed by atoms with van der Waals surface area (Å²) in [6, 6.07) is 0. The average Bonchev–Trinajstić information content (AvgIpc) is 2.38. The third-order valence-electron chi connectivity index (χ3n) is 5.13. The minimum atomic E-state index is 1.10. The Labute approximate surface area is 103 Å². The molecule has 2 rings (SSSR count). The number of rotatable bonds is 4. The monoisotopic (exact) mass is 220 g/mol. The smallest absolute Gasteiger partial charge is 0.0740 e. The van der Waals surface area contributed by atoms with Crippen LogP contribution in [0.5, 0.6) is 0 Å². The van der Waals surface area contributed by atoms with Crippen molar-refractivity contribution in [2.75, 3.05) is 0 Å². The molecule has 2 saturated carbocycles. The van der Waals surface area contributed by atoms with Crippen molar-refractivity contribution in [3.05, 3.63) is 0 Å². The topological polar surface area (TPSA) is 0 Å². The molecule has 0 spiro atoms. The Bertz CT molecular complexity index is 160. The van der Waals surface area contributed by atoms with Gasteiger partial charge in [0.2, 0.25) is 0 Å². The quantitative estimate of drug-likeness (QED) is 0.544. The van der Waals surface area contributed by atoms with E-state index in [1.165, 1.54) is 51.3 Å². The van der Waals surface area contributed by atoms with Crippen molar-refractivity contribution in [1.29, 1.82) is 0 Å². The van der Waals surface area contributed by atoms with E-state index < -0.39 is 0 Å². The molecule has 0 atom stereocenters. The standard InChI is InChI=1S/C15H29B/c1-2-13-16(14-9-5-3-6-10-14)15-11-7-4-8-12-15/h14-15H,2-13H2,1H3. The van der Waals surface area contributed by atoms with Crippen LogP contribution in [0.1, 0.15) is 77.6 Å². The second-order valence-corrected chi connectivity index (χ2v) is 6.25. The Hall–Kier alpha value is 0.0649. The Morgan fingerprint density at radius 2 is 1.19 bits per heavy atom. The summed E-state index contributed by atoms with van der Waals surface area (Å²) < 4.78 is 0. The third kappa shape index (κ3) is 3.28. The Morgan fingerprint density at radius 3 is 1.56 bits per heavy atom. The lowest BCUT2D eigenvalue weighted by molar-refractivity contribution is 0.459. The first-order valence-corrected chi connectivity index (χ1v) is 7.92. The fourth-order valence-corrected chi connectivity index (χ4v) is 4.31. The molecule has 0 aromatic heterocycles. The molecule has 0 aromatic carbocycles. The first kappa shape index (κ1) is 12.5. The average molecular weight is 220 g/mol. The molecule has 0 heterocycles. The minimum Gasteiger partial charge on any atom is -0.0740 e. The van der Waals surface area contributed by atoms with E-state index in [-0.39, 0.29) is 0 Å². The summed E-state index contributed by atoms with van der Waals surface area (Å²) >= 11 is 0. The van der Waals surface area contributed by atoms with Crippen molar-refractivity contribution in [1.82, 2.24) is 0 Å². The van der Waals surface area contributed by atoms with Crippen LogP contribution in [-0.2, 0) is 0 Å². The molecule has 92 valence electrons. The van der Waals surface area contributed by atoms with E-state index in [1.807, 2.05) is 0 Å². The van der Waals surface area contributed by atoms with Crippen molar-refractivity contribution in [3.8, 4) is 0 Å². The van der Waals surface area contributed by atoms with Gasteiger partial charge in [0, 0.05) is 0 Å². The van der Waals surface area contributed by atoms with E-state index in [1.54, 1.807) is 25.7 Å². The summed E-state index contributed by atoms with van der Waals surface area (Å²) in [5.74, 6) is 2.22. The molecular formula is C15H29B. The lowest BCUT2D eigenvalue weighted by Crippen LogP contribution is -2.29. The van der Waals surface area contributed by atoms with Crippen molar-refractivity contribution >= 4 is 6.71 Å². The first-order chi connectivity index (χ1) is 7.92. The van der Waals surface area contributed by atoms with Crippen LogP contribution in [0.3, 0.4) is 0 Å². The van der Waals surface area contributed by atoms with Crippen molar-refractivity contribution in [2.45, 2.75) is 95.5 Å². The van der Waals surface area contributed by atoms with E-state index in [4.69, 9.17) is 0 Å². The van der Waals surface area contributed by atoms with Gasteiger partial charge in [0.15, 0.2) is 0 Å². The Balaban J connectivity index is 1.91. The van der Waals surface area contributed by atoms with Gasteiger partial charge in [-0.25, -0.2) is 0 Å². The van der Waals surface area contributed by atoms with E-state index in [2.05, 4.69) is 6.92 Å². The SMILES string of the molecule is CCCB(C1CCCCC1)C1CCCCC1. The lowest BCUT2D eigenvalue weighted by Gasteiger charge is -2.35. The largest absolute Gasteiger partial charge is 0.146 e.